The van der Waals surface area contributed by atoms with Crippen molar-refractivity contribution >= 4 is 35.0 Å². The minimum Gasteiger partial charge on any atom is -0.465 e. The molecule has 0 bridgehead atoms. The Morgan fingerprint density at radius 3 is 2.62 bits per heavy atom. The Bertz CT molecular complexity index is 651. The van der Waals surface area contributed by atoms with Crippen molar-refractivity contribution in [2.75, 3.05) is 16.8 Å². The molecule has 0 unspecified atom stereocenters. The summed E-state index contributed by atoms with van der Waals surface area (Å²) in [6, 6.07) is 4.06. The molecule has 6 nitrogen and oxygen atoms in total. The van der Waals surface area contributed by atoms with Crippen molar-refractivity contribution < 1.29 is 14.3 Å². The Balaban J connectivity index is 2.23. The van der Waals surface area contributed by atoms with Gasteiger partial charge in [0.25, 0.3) is 0 Å². The first-order valence-electron chi connectivity index (χ1n) is 6.06. The van der Waals surface area contributed by atoms with Crippen LogP contribution in [0.5, 0.6) is 0 Å². The van der Waals surface area contributed by atoms with Crippen LogP contribution in [0.1, 0.15) is 6.92 Å². The van der Waals surface area contributed by atoms with Gasteiger partial charge in [-0.1, -0.05) is 11.6 Å². The number of nitrogens with one attached hydrogen (secondary N) is 1. The van der Waals surface area contributed by atoms with Gasteiger partial charge in [-0.15, -0.1) is 0 Å². The van der Waals surface area contributed by atoms with Crippen LogP contribution in [0.25, 0.3) is 0 Å². The van der Waals surface area contributed by atoms with Gasteiger partial charge in [0.1, 0.15) is 5.82 Å². The molecule has 0 aliphatic heterocycles. The van der Waals surface area contributed by atoms with Crippen LogP contribution in [0.4, 0.5) is 26.5 Å². The Morgan fingerprint density at radius 2 is 2.10 bits per heavy atom. The SMILES string of the molecule is CCN(C(=O)O)c1ccc(Nc2ncc(Cl)cn2)c(F)c1. The van der Waals surface area contributed by atoms with Crippen LogP contribution in [0.2, 0.25) is 5.02 Å². The summed E-state index contributed by atoms with van der Waals surface area (Å²) in [5.41, 5.74) is 0.396. The lowest BCUT2D eigenvalue weighted by Crippen LogP contribution is -2.28. The predicted octanol–water partition coefficient (Wildman–Crippen LogP) is 3.52. The van der Waals surface area contributed by atoms with Crippen LogP contribution in [-0.2, 0) is 0 Å². The maximum atomic E-state index is 14.0. The largest absolute Gasteiger partial charge is 0.465 e. The van der Waals surface area contributed by atoms with Crippen molar-refractivity contribution in [2.45, 2.75) is 6.92 Å². The fraction of sp³-hybridized carbons (Fsp3) is 0.154. The summed E-state index contributed by atoms with van der Waals surface area (Å²) in [4.78, 5) is 19.8. The van der Waals surface area contributed by atoms with Gasteiger partial charge in [0.05, 0.1) is 28.8 Å². The standard InChI is InChI=1S/C13H12ClFN4O2/c1-2-19(13(20)21)9-3-4-11(10(15)5-9)18-12-16-6-8(14)7-17-12/h3-7H,2H2,1H3,(H,20,21)(H,16,17,18). The van der Waals surface area contributed by atoms with Crippen molar-refractivity contribution in [3.8, 4) is 0 Å². The highest BCUT2D eigenvalue weighted by atomic mass is 35.5. The van der Waals surface area contributed by atoms with E-state index in [-0.39, 0.29) is 23.9 Å². The van der Waals surface area contributed by atoms with Gasteiger partial charge in [0, 0.05) is 6.54 Å². The van der Waals surface area contributed by atoms with E-state index in [2.05, 4.69) is 15.3 Å². The smallest absolute Gasteiger partial charge is 0.411 e. The second-order valence-corrected chi connectivity index (χ2v) is 4.48. The highest BCUT2D eigenvalue weighted by molar-refractivity contribution is 6.30. The van der Waals surface area contributed by atoms with Crippen molar-refractivity contribution in [3.05, 3.63) is 41.4 Å². The molecule has 1 aromatic carbocycles. The van der Waals surface area contributed by atoms with Gasteiger partial charge in [-0.3, -0.25) is 4.90 Å². The first-order chi connectivity index (χ1) is 10.0. The minimum atomic E-state index is -1.14. The molecule has 0 spiro atoms. The highest BCUT2D eigenvalue weighted by Gasteiger charge is 2.14. The monoisotopic (exact) mass is 310 g/mol. The number of carboxylic acid groups (broad SMARTS) is 1. The first-order valence-corrected chi connectivity index (χ1v) is 6.43. The molecule has 2 aromatic rings. The predicted molar refractivity (Wildman–Crippen MR) is 77.8 cm³/mol. The number of aromatic nitrogens is 2. The molecule has 0 radical (unpaired) electrons. The Labute approximate surface area is 125 Å². The minimum absolute atomic E-state index is 0.141. The quantitative estimate of drug-likeness (QED) is 0.903. The summed E-state index contributed by atoms with van der Waals surface area (Å²) in [5, 5.41) is 12.1. The highest BCUT2D eigenvalue weighted by Crippen LogP contribution is 2.24. The zero-order chi connectivity index (χ0) is 15.4. The molecule has 0 atom stereocenters. The van der Waals surface area contributed by atoms with E-state index < -0.39 is 11.9 Å². The molecule has 0 aliphatic rings. The fourth-order valence-corrected chi connectivity index (χ4v) is 1.80. The number of benzene rings is 1. The molecule has 0 saturated heterocycles. The molecule has 1 heterocycles. The van der Waals surface area contributed by atoms with E-state index in [4.69, 9.17) is 16.7 Å². The summed E-state index contributed by atoms with van der Waals surface area (Å²) in [7, 11) is 0. The van der Waals surface area contributed by atoms with Gasteiger partial charge in [0.2, 0.25) is 5.95 Å². The van der Waals surface area contributed by atoms with Crippen LogP contribution in [0.15, 0.2) is 30.6 Å². The summed E-state index contributed by atoms with van der Waals surface area (Å²) in [6.45, 7) is 1.89. The number of amides is 1. The van der Waals surface area contributed by atoms with E-state index >= 15 is 0 Å². The maximum absolute atomic E-state index is 14.0. The third-order valence-corrected chi connectivity index (χ3v) is 2.87. The number of rotatable bonds is 4. The van der Waals surface area contributed by atoms with Crippen LogP contribution in [-0.4, -0.2) is 27.7 Å². The lowest BCUT2D eigenvalue weighted by atomic mass is 10.2. The summed E-state index contributed by atoms with van der Waals surface area (Å²) in [5.74, 6) is -0.414. The maximum Gasteiger partial charge on any atom is 0.411 e. The number of nitrogens with zero attached hydrogens (tertiary/aromatic N) is 3. The van der Waals surface area contributed by atoms with Crippen LogP contribution in [0.3, 0.4) is 0 Å². The number of carbonyl (C=O) groups is 1. The lowest BCUT2D eigenvalue weighted by molar-refractivity contribution is 0.202. The third kappa shape index (κ3) is 3.57. The van der Waals surface area contributed by atoms with E-state index in [1.165, 1.54) is 24.5 Å². The topological polar surface area (TPSA) is 78.4 Å². The van der Waals surface area contributed by atoms with Crippen molar-refractivity contribution in [1.29, 1.82) is 0 Å². The van der Waals surface area contributed by atoms with E-state index in [0.29, 0.717) is 5.02 Å². The first kappa shape index (κ1) is 15.0. The third-order valence-electron chi connectivity index (χ3n) is 2.68. The van der Waals surface area contributed by atoms with Gasteiger partial charge in [0.15, 0.2) is 0 Å². The number of halogens is 2. The van der Waals surface area contributed by atoms with Gasteiger partial charge in [-0.25, -0.2) is 19.2 Å². The molecule has 110 valence electrons. The van der Waals surface area contributed by atoms with Crippen LogP contribution < -0.4 is 10.2 Å². The van der Waals surface area contributed by atoms with Crippen molar-refractivity contribution in [1.82, 2.24) is 9.97 Å². The molecule has 1 amide bonds. The zero-order valence-corrected chi connectivity index (χ0v) is 11.8. The molecule has 0 saturated carbocycles. The molecule has 1 aromatic heterocycles. The summed E-state index contributed by atoms with van der Waals surface area (Å²) < 4.78 is 14.0. The average Bonchev–Trinajstić information content (AvgIpc) is 2.44. The number of hydrogen-bond donors (Lipinski definition) is 2. The second-order valence-electron chi connectivity index (χ2n) is 4.04. The molecule has 0 fully saturated rings. The number of anilines is 3. The molecular weight excluding hydrogens is 299 g/mol. The van der Waals surface area contributed by atoms with E-state index in [0.717, 1.165) is 11.0 Å². The van der Waals surface area contributed by atoms with Crippen LogP contribution >= 0.6 is 11.6 Å². The van der Waals surface area contributed by atoms with E-state index in [1.807, 2.05) is 0 Å². The van der Waals surface area contributed by atoms with E-state index in [1.54, 1.807) is 6.92 Å². The zero-order valence-electron chi connectivity index (χ0n) is 11.0. The summed E-state index contributed by atoms with van der Waals surface area (Å²) >= 11 is 5.66. The van der Waals surface area contributed by atoms with Gasteiger partial charge >= 0.3 is 6.09 Å². The average molecular weight is 311 g/mol. The molecule has 2 N–H and O–H groups in total. The molecule has 0 aliphatic carbocycles. The molecule has 2 rings (SSSR count). The molecule has 8 heteroatoms. The lowest BCUT2D eigenvalue weighted by Gasteiger charge is -2.17. The van der Waals surface area contributed by atoms with Gasteiger partial charge < -0.3 is 10.4 Å². The Morgan fingerprint density at radius 1 is 1.43 bits per heavy atom. The van der Waals surface area contributed by atoms with Crippen molar-refractivity contribution in [2.24, 2.45) is 0 Å². The fourth-order valence-electron chi connectivity index (χ4n) is 1.70. The van der Waals surface area contributed by atoms with Gasteiger partial charge in [-0.2, -0.15) is 0 Å². The van der Waals surface area contributed by atoms with Crippen LogP contribution in [0, 0.1) is 5.82 Å². The normalized spacial score (nSPS) is 10.2. The number of hydrogen-bond acceptors (Lipinski definition) is 4. The molecule has 21 heavy (non-hydrogen) atoms. The van der Waals surface area contributed by atoms with Gasteiger partial charge in [-0.05, 0) is 25.1 Å². The summed E-state index contributed by atoms with van der Waals surface area (Å²) in [6.07, 6.45) is 1.62. The second kappa shape index (κ2) is 6.36. The Hall–Kier alpha value is -2.41. The van der Waals surface area contributed by atoms with E-state index in [9.17, 15) is 9.18 Å². The molecular formula is C13H12ClFN4O2. The van der Waals surface area contributed by atoms with Crippen molar-refractivity contribution in [3.63, 3.8) is 0 Å². The Kier molecular flexibility index (Phi) is 4.54.